The van der Waals surface area contributed by atoms with Crippen LogP contribution in [0.4, 0.5) is 0 Å². The van der Waals surface area contributed by atoms with Crippen LogP contribution in [0.5, 0.6) is 0 Å². The van der Waals surface area contributed by atoms with E-state index in [1.165, 1.54) is 6.42 Å². The van der Waals surface area contributed by atoms with Gasteiger partial charge in [-0.2, -0.15) is 12.6 Å². The molecule has 0 fully saturated rings. The fraction of sp³-hybridized carbons (Fsp3) is 1.00. The van der Waals surface area contributed by atoms with Gasteiger partial charge in [0.15, 0.2) is 0 Å². The minimum atomic E-state index is 0.0146. The van der Waals surface area contributed by atoms with Crippen molar-refractivity contribution < 1.29 is 4.74 Å². The molecule has 12 heavy (non-hydrogen) atoms. The number of hydrogen-bond donors (Lipinski definition) is 1. The Bertz CT molecular complexity index is 107. The zero-order valence-corrected chi connectivity index (χ0v) is 9.66. The molecule has 0 rings (SSSR count). The van der Waals surface area contributed by atoms with E-state index >= 15 is 0 Å². The molecule has 0 saturated carbocycles. The normalized spacial score (nSPS) is 14.8. The summed E-state index contributed by atoms with van der Waals surface area (Å²) >= 11 is 4.20. The number of hydrogen-bond acceptors (Lipinski definition) is 2. The molecule has 1 atom stereocenters. The second-order valence-corrected chi connectivity index (χ2v) is 4.81. The molecule has 0 aromatic rings. The summed E-state index contributed by atoms with van der Waals surface area (Å²) in [7, 11) is 0. The van der Waals surface area contributed by atoms with E-state index in [1.807, 2.05) is 0 Å². The molecule has 0 spiro atoms. The highest BCUT2D eigenvalue weighted by Gasteiger charge is 2.10. The number of thiol groups is 1. The molecule has 2 heteroatoms. The van der Waals surface area contributed by atoms with Crippen molar-refractivity contribution in [1.82, 2.24) is 0 Å². The van der Waals surface area contributed by atoms with Crippen molar-refractivity contribution in [3.8, 4) is 0 Å². The summed E-state index contributed by atoms with van der Waals surface area (Å²) in [6, 6.07) is 0. The van der Waals surface area contributed by atoms with Crippen molar-refractivity contribution in [2.75, 3.05) is 12.4 Å². The van der Waals surface area contributed by atoms with Crippen molar-refractivity contribution in [2.24, 2.45) is 5.92 Å². The Balaban J connectivity index is 3.31. The number of rotatable bonds is 5. The molecule has 0 aromatic carbocycles. The quantitative estimate of drug-likeness (QED) is 0.655. The van der Waals surface area contributed by atoms with E-state index in [9.17, 15) is 0 Å². The molecule has 0 aliphatic heterocycles. The van der Waals surface area contributed by atoms with Crippen LogP contribution in [-0.2, 0) is 4.74 Å². The first-order valence-corrected chi connectivity index (χ1v) is 5.34. The molecule has 0 aliphatic rings. The van der Waals surface area contributed by atoms with Crippen molar-refractivity contribution in [2.45, 2.75) is 46.1 Å². The fourth-order valence-corrected chi connectivity index (χ4v) is 1.37. The smallest absolute Gasteiger partial charge is 0.0598 e. The second-order valence-electron chi connectivity index (χ2n) is 4.37. The molecule has 74 valence electrons. The van der Waals surface area contributed by atoms with E-state index in [-0.39, 0.29) is 5.60 Å². The van der Waals surface area contributed by atoms with Gasteiger partial charge in [0.1, 0.15) is 0 Å². The zero-order valence-electron chi connectivity index (χ0n) is 8.76. The zero-order chi connectivity index (χ0) is 9.61. The topological polar surface area (TPSA) is 9.23 Å². The highest BCUT2D eigenvalue weighted by atomic mass is 32.1. The lowest BCUT2D eigenvalue weighted by molar-refractivity contribution is -0.00856. The molecule has 1 unspecified atom stereocenters. The highest BCUT2D eigenvalue weighted by molar-refractivity contribution is 7.80. The first-order valence-electron chi connectivity index (χ1n) is 4.70. The Morgan fingerprint density at radius 2 is 1.83 bits per heavy atom. The summed E-state index contributed by atoms with van der Waals surface area (Å²) in [6.07, 6.45) is 2.34. The van der Waals surface area contributed by atoms with Crippen molar-refractivity contribution in [1.29, 1.82) is 0 Å². The third-order valence-electron chi connectivity index (χ3n) is 1.77. The first-order chi connectivity index (χ1) is 5.45. The molecular weight excluding hydrogens is 168 g/mol. The molecule has 0 heterocycles. The minimum Gasteiger partial charge on any atom is -0.376 e. The van der Waals surface area contributed by atoms with Crippen LogP contribution in [0.15, 0.2) is 0 Å². The van der Waals surface area contributed by atoms with Crippen LogP contribution >= 0.6 is 12.6 Å². The van der Waals surface area contributed by atoms with Crippen molar-refractivity contribution in [3.63, 3.8) is 0 Å². The predicted molar refractivity (Wildman–Crippen MR) is 58.0 cm³/mol. The predicted octanol–water partition coefficient (Wildman–Crippen LogP) is 3.15. The summed E-state index contributed by atoms with van der Waals surface area (Å²) in [5.74, 6) is 1.72. The summed E-state index contributed by atoms with van der Waals surface area (Å²) in [4.78, 5) is 0. The average Bonchev–Trinajstić information content (AvgIpc) is 1.84. The second kappa shape index (κ2) is 5.87. The van der Waals surface area contributed by atoms with Gasteiger partial charge in [0, 0.05) is 6.61 Å². The minimum absolute atomic E-state index is 0.0146. The summed E-state index contributed by atoms with van der Waals surface area (Å²) < 4.78 is 5.62. The lowest BCUT2D eigenvalue weighted by Crippen LogP contribution is -2.20. The van der Waals surface area contributed by atoms with Crippen LogP contribution in [0, 0.1) is 5.92 Å². The molecule has 0 aromatic heterocycles. The molecule has 1 nitrogen and oxygen atoms in total. The summed E-state index contributed by atoms with van der Waals surface area (Å²) in [5, 5.41) is 0. The van der Waals surface area contributed by atoms with Gasteiger partial charge in [-0.25, -0.2) is 0 Å². The highest BCUT2D eigenvalue weighted by Crippen LogP contribution is 2.12. The monoisotopic (exact) mass is 190 g/mol. The van der Waals surface area contributed by atoms with Crippen LogP contribution in [0.2, 0.25) is 0 Å². The van der Waals surface area contributed by atoms with Crippen LogP contribution in [0.3, 0.4) is 0 Å². The lowest BCUT2D eigenvalue weighted by Gasteiger charge is -2.20. The van der Waals surface area contributed by atoms with Gasteiger partial charge in [0.05, 0.1) is 5.60 Å². The van der Waals surface area contributed by atoms with Crippen molar-refractivity contribution in [3.05, 3.63) is 0 Å². The third-order valence-corrected chi connectivity index (χ3v) is 2.03. The fourth-order valence-electron chi connectivity index (χ4n) is 0.931. The van der Waals surface area contributed by atoms with E-state index in [1.54, 1.807) is 0 Å². The van der Waals surface area contributed by atoms with E-state index < -0.39 is 0 Å². The molecule has 0 bridgehead atoms. The van der Waals surface area contributed by atoms with E-state index in [0.717, 1.165) is 24.7 Å². The molecule has 0 amide bonds. The average molecular weight is 190 g/mol. The Hall–Kier alpha value is 0.310. The van der Waals surface area contributed by atoms with Gasteiger partial charge in [-0.3, -0.25) is 0 Å². The third kappa shape index (κ3) is 8.41. The van der Waals surface area contributed by atoms with E-state index in [2.05, 4.69) is 40.3 Å². The molecule has 0 radical (unpaired) electrons. The summed E-state index contributed by atoms with van der Waals surface area (Å²) in [6.45, 7) is 9.41. The molecule has 0 saturated heterocycles. The van der Waals surface area contributed by atoms with Gasteiger partial charge >= 0.3 is 0 Å². The first kappa shape index (κ1) is 12.3. The van der Waals surface area contributed by atoms with Crippen LogP contribution in [-0.4, -0.2) is 18.0 Å². The Kier molecular flexibility index (Phi) is 6.02. The molecule has 0 aliphatic carbocycles. The maximum atomic E-state index is 5.62. The Morgan fingerprint density at radius 1 is 1.25 bits per heavy atom. The maximum absolute atomic E-state index is 5.62. The van der Waals surface area contributed by atoms with Crippen LogP contribution in [0.25, 0.3) is 0 Å². The van der Waals surface area contributed by atoms with Gasteiger partial charge in [0.2, 0.25) is 0 Å². The standard InChI is InChI=1S/C10H22OS/c1-9(6-8-12)5-7-11-10(2,3)4/h9,12H,5-8H2,1-4H3. The Morgan fingerprint density at radius 3 is 2.25 bits per heavy atom. The van der Waals surface area contributed by atoms with Gasteiger partial charge in [0.25, 0.3) is 0 Å². The van der Waals surface area contributed by atoms with Gasteiger partial charge < -0.3 is 4.74 Å². The van der Waals surface area contributed by atoms with Crippen LogP contribution < -0.4 is 0 Å². The van der Waals surface area contributed by atoms with E-state index in [0.29, 0.717) is 0 Å². The molecular formula is C10H22OS. The molecule has 0 N–H and O–H groups in total. The lowest BCUT2D eigenvalue weighted by atomic mass is 10.1. The van der Waals surface area contributed by atoms with Gasteiger partial charge in [-0.05, 0) is 45.3 Å². The summed E-state index contributed by atoms with van der Waals surface area (Å²) in [5.41, 5.74) is 0.0146. The largest absolute Gasteiger partial charge is 0.376 e. The van der Waals surface area contributed by atoms with Gasteiger partial charge in [-0.1, -0.05) is 6.92 Å². The Labute approximate surface area is 82.3 Å². The SMILES string of the molecule is CC(CCS)CCOC(C)(C)C. The number of ether oxygens (including phenoxy) is 1. The van der Waals surface area contributed by atoms with Crippen molar-refractivity contribution >= 4 is 12.6 Å². The van der Waals surface area contributed by atoms with Crippen LogP contribution in [0.1, 0.15) is 40.5 Å². The maximum Gasteiger partial charge on any atom is 0.0598 e. The van der Waals surface area contributed by atoms with E-state index in [4.69, 9.17) is 4.74 Å². The van der Waals surface area contributed by atoms with Gasteiger partial charge in [-0.15, -0.1) is 0 Å².